The molecule has 1 aromatic rings. The Bertz CT molecular complexity index is 430. The molecule has 0 radical (unpaired) electrons. The summed E-state index contributed by atoms with van der Waals surface area (Å²) < 4.78 is 0. The van der Waals surface area contributed by atoms with E-state index in [9.17, 15) is 4.79 Å². The van der Waals surface area contributed by atoms with Crippen LogP contribution >= 0.6 is 23.4 Å². The molecule has 20 heavy (non-hydrogen) atoms. The maximum Gasteiger partial charge on any atom is 0.222 e. The van der Waals surface area contributed by atoms with Crippen molar-refractivity contribution in [2.75, 3.05) is 39.0 Å². The van der Waals surface area contributed by atoms with Gasteiger partial charge < -0.3 is 9.80 Å². The van der Waals surface area contributed by atoms with E-state index < -0.39 is 0 Å². The number of carbonyl (C=O) groups is 1. The second-order valence-corrected chi connectivity index (χ2v) is 6.69. The molecule has 0 aliphatic carbocycles. The van der Waals surface area contributed by atoms with Gasteiger partial charge in [-0.05, 0) is 43.5 Å². The molecule has 0 bridgehead atoms. The number of amides is 1. The lowest BCUT2D eigenvalue weighted by atomic mass is 10.2. The summed E-state index contributed by atoms with van der Waals surface area (Å²) in [6.45, 7) is 3.73. The van der Waals surface area contributed by atoms with Crippen LogP contribution in [-0.2, 0) is 4.79 Å². The van der Waals surface area contributed by atoms with Crippen molar-refractivity contribution in [1.29, 1.82) is 0 Å². The average molecular weight is 313 g/mol. The van der Waals surface area contributed by atoms with Gasteiger partial charge in [-0.25, -0.2) is 0 Å². The molecule has 0 aromatic heterocycles. The average Bonchev–Trinajstić information content (AvgIpc) is 2.46. The predicted octanol–water partition coefficient (Wildman–Crippen LogP) is 2.99. The van der Waals surface area contributed by atoms with E-state index >= 15 is 0 Å². The smallest absolute Gasteiger partial charge is 0.222 e. The third kappa shape index (κ3) is 5.00. The third-order valence-corrected chi connectivity index (χ3v) is 4.82. The van der Waals surface area contributed by atoms with Gasteiger partial charge in [0.25, 0.3) is 0 Å². The van der Waals surface area contributed by atoms with Crippen molar-refractivity contribution in [3.8, 4) is 0 Å². The molecule has 1 amide bonds. The lowest BCUT2D eigenvalue weighted by Gasteiger charge is -2.32. The van der Waals surface area contributed by atoms with Crippen LogP contribution < -0.4 is 0 Å². The molecule has 1 aliphatic rings. The van der Waals surface area contributed by atoms with Crippen LogP contribution in [0.1, 0.15) is 12.8 Å². The molecule has 1 aliphatic heterocycles. The minimum absolute atomic E-state index is 0.301. The van der Waals surface area contributed by atoms with Crippen LogP contribution in [0, 0.1) is 0 Å². The molecule has 3 nitrogen and oxygen atoms in total. The Hall–Kier alpha value is -0.710. The highest BCUT2D eigenvalue weighted by atomic mass is 35.5. The van der Waals surface area contributed by atoms with E-state index in [-0.39, 0.29) is 0 Å². The Morgan fingerprint density at radius 1 is 1.20 bits per heavy atom. The van der Waals surface area contributed by atoms with Gasteiger partial charge in [-0.2, -0.15) is 0 Å². The van der Waals surface area contributed by atoms with Gasteiger partial charge in [-0.3, -0.25) is 4.79 Å². The van der Waals surface area contributed by atoms with Gasteiger partial charge in [-0.1, -0.05) is 11.6 Å². The number of halogens is 1. The second kappa shape index (κ2) is 7.91. The second-order valence-electron chi connectivity index (χ2n) is 5.09. The Kier molecular flexibility index (Phi) is 6.20. The molecule has 0 unspecified atom stereocenters. The van der Waals surface area contributed by atoms with Crippen molar-refractivity contribution in [2.45, 2.75) is 17.7 Å². The SMILES string of the molecule is CN1CCN(C(=O)CCCSc2ccc(Cl)cc2)CC1. The molecule has 1 aromatic carbocycles. The van der Waals surface area contributed by atoms with E-state index in [1.807, 2.05) is 29.2 Å². The molecule has 110 valence electrons. The minimum Gasteiger partial charge on any atom is -0.340 e. The molecule has 0 atom stereocenters. The molecular weight excluding hydrogens is 292 g/mol. The van der Waals surface area contributed by atoms with Crippen LogP contribution in [0.2, 0.25) is 5.02 Å². The quantitative estimate of drug-likeness (QED) is 0.617. The summed E-state index contributed by atoms with van der Waals surface area (Å²) in [4.78, 5) is 17.5. The fourth-order valence-corrected chi connectivity index (χ4v) is 3.14. The highest BCUT2D eigenvalue weighted by Gasteiger charge is 2.18. The van der Waals surface area contributed by atoms with Crippen molar-refractivity contribution in [1.82, 2.24) is 9.80 Å². The van der Waals surface area contributed by atoms with Gasteiger partial charge in [0.05, 0.1) is 0 Å². The zero-order valence-electron chi connectivity index (χ0n) is 11.8. The van der Waals surface area contributed by atoms with Crippen LogP contribution in [0.25, 0.3) is 0 Å². The first-order valence-electron chi connectivity index (χ1n) is 7.00. The topological polar surface area (TPSA) is 23.6 Å². The van der Waals surface area contributed by atoms with Crippen LogP contribution in [-0.4, -0.2) is 54.7 Å². The third-order valence-electron chi connectivity index (χ3n) is 3.47. The minimum atomic E-state index is 0.301. The van der Waals surface area contributed by atoms with E-state index in [0.29, 0.717) is 12.3 Å². The summed E-state index contributed by atoms with van der Waals surface area (Å²) in [7, 11) is 2.10. The molecule has 0 N–H and O–H groups in total. The fourth-order valence-electron chi connectivity index (χ4n) is 2.16. The van der Waals surface area contributed by atoms with Crippen LogP contribution in [0.15, 0.2) is 29.2 Å². The number of thioether (sulfide) groups is 1. The Balaban J connectivity index is 1.63. The van der Waals surface area contributed by atoms with Gasteiger partial charge >= 0.3 is 0 Å². The van der Waals surface area contributed by atoms with Crippen molar-refractivity contribution in [2.24, 2.45) is 0 Å². The summed E-state index contributed by atoms with van der Waals surface area (Å²) >= 11 is 7.63. The molecule has 2 rings (SSSR count). The van der Waals surface area contributed by atoms with Gasteiger partial charge in [0, 0.05) is 42.5 Å². The molecule has 5 heteroatoms. The van der Waals surface area contributed by atoms with E-state index in [2.05, 4.69) is 11.9 Å². The number of hydrogen-bond donors (Lipinski definition) is 0. The highest BCUT2D eigenvalue weighted by Crippen LogP contribution is 2.21. The normalized spacial score (nSPS) is 16.4. The largest absolute Gasteiger partial charge is 0.340 e. The van der Waals surface area contributed by atoms with Gasteiger partial charge in [0.2, 0.25) is 5.91 Å². The summed E-state index contributed by atoms with van der Waals surface area (Å²) in [6.07, 6.45) is 1.59. The summed E-state index contributed by atoms with van der Waals surface area (Å²) in [5, 5.41) is 0.764. The number of carbonyl (C=O) groups excluding carboxylic acids is 1. The maximum absolute atomic E-state index is 12.0. The van der Waals surface area contributed by atoms with Crippen molar-refractivity contribution in [3.05, 3.63) is 29.3 Å². The van der Waals surface area contributed by atoms with Crippen LogP contribution in [0.4, 0.5) is 0 Å². The molecule has 1 fully saturated rings. The Morgan fingerprint density at radius 2 is 1.85 bits per heavy atom. The van der Waals surface area contributed by atoms with Crippen molar-refractivity contribution >= 4 is 29.3 Å². The maximum atomic E-state index is 12.0. The molecule has 1 heterocycles. The van der Waals surface area contributed by atoms with Crippen LogP contribution in [0.5, 0.6) is 0 Å². The Labute approximate surface area is 130 Å². The van der Waals surface area contributed by atoms with Gasteiger partial charge in [0.1, 0.15) is 0 Å². The number of piperazine rings is 1. The molecule has 1 saturated heterocycles. The number of benzene rings is 1. The molecule has 0 spiro atoms. The fraction of sp³-hybridized carbons (Fsp3) is 0.533. The predicted molar refractivity (Wildman–Crippen MR) is 85.5 cm³/mol. The van der Waals surface area contributed by atoms with E-state index in [4.69, 9.17) is 11.6 Å². The first kappa shape index (κ1) is 15.7. The van der Waals surface area contributed by atoms with E-state index in [1.54, 1.807) is 11.8 Å². The molecular formula is C15H21ClN2OS. The van der Waals surface area contributed by atoms with Crippen molar-refractivity contribution < 1.29 is 4.79 Å². The molecule has 0 saturated carbocycles. The summed E-state index contributed by atoms with van der Waals surface area (Å²) in [5.74, 6) is 1.27. The number of nitrogens with zero attached hydrogens (tertiary/aromatic N) is 2. The van der Waals surface area contributed by atoms with Gasteiger partial charge in [0.15, 0.2) is 0 Å². The number of hydrogen-bond acceptors (Lipinski definition) is 3. The van der Waals surface area contributed by atoms with Crippen LogP contribution in [0.3, 0.4) is 0 Å². The summed E-state index contributed by atoms with van der Waals surface area (Å²) in [6, 6.07) is 7.85. The number of likely N-dealkylation sites (N-methyl/N-ethyl adjacent to an activating group) is 1. The first-order valence-corrected chi connectivity index (χ1v) is 8.36. The Morgan fingerprint density at radius 3 is 2.50 bits per heavy atom. The zero-order chi connectivity index (χ0) is 14.4. The lowest BCUT2D eigenvalue weighted by molar-refractivity contribution is -0.132. The lowest BCUT2D eigenvalue weighted by Crippen LogP contribution is -2.47. The monoisotopic (exact) mass is 312 g/mol. The number of rotatable bonds is 5. The highest BCUT2D eigenvalue weighted by molar-refractivity contribution is 7.99. The van der Waals surface area contributed by atoms with E-state index in [0.717, 1.165) is 43.4 Å². The standard InChI is InChI=1S/C15H21ClN2OS/c1-17-8-10-18(11-9-17)15(19)3-2-12-20-14-6-4-13(16)5-7-14/h4-7H,2-3,8-12H2,1H3. The first-order chi connectivity index (χ1) is 9.65. The zero-order valence-corrected chi connectivity index (χ0v) is 13.4. The van der Waals surface area contributed by atoms with Crippen molar-refractivity contribution in [3.63, 3.8) is 0 Å². The van der Waals surface area contributed by atoms with E-state index in [1.165, 1.54) is 4.90 Å². The van der Waals surface area contributed by atoms with Gasteiger partial charge in [-0.15, -0.1) is 11.8 Å². The summed E-state index contributed by atoms with van der Waals surface area (Å²) in [5.41, 5.74) is 0.